The molecule has 1 aromatic heterocycles. The van der Waals surface area contributed by atoms with Crippen LogP contribution in [0.2, 0.25) is 0 Å². The van der Waals surface area contributed by atoms with Gasteiger partial charge in [-0.15, -0.1) is 0 Å². The molecule has 1 aliphatic heterocycles. The molecular weight excluding hydrogens is 286 g/mol. The Morgan fingerprint density at radius 3 is 2.87 bits per heavy atom. The van der Waals surface area contributed by atoms with Gasteiger partial charge in [-0.05, 0) is 43.9 Å². The molecule has 2 aromatic rings. The molecule has 1 unspecified atom stereocenters. The summed E-state index contributed by atoms with van der Waals surface area (Å²) in [6.07, 6.45) is 4.42. The van der Waals surface area contributed by atoms with Gasteiger partial charge < -0.3 is 4.90 Å². The molecule has 0 saturated carbocycles. The number of hydrogen-bond donors (Lipinski definition) is 0. The average Bonchev–Trinajstić information content (AvgIpc) is 2.57. The zero-order valence-electron chi connectivity index (χ0n) is 13.8. The van der Waals surface area contributed by atoms with E-state index < -0.39 is 0 Å². The maximum absolute atomic E-state index is 12.7. The summed E-state index contributed by atoms with van der Waals surface area (Å²) < 4.78 is 0. The molecule has 0 aliphatic carbocycles. The van der Waals surface area contributed by atoms with Gasteiger partial charge in [0, 0.05) is 30.9 Å². The van der Waals surface area contributed by atoms with Crippen LogP contribution in [0.1, 0.15) is 41.4 Å². The maximum atomic E-state index is 12.7. The lowest BCUT2D eigenvalue weighted by molar-refractivity contribution is -0.131. The summed E-state index contributed by atoms with van der Waals surface area (Å²) in [6.45, 7) is 5.59. The number of nitrogens with zero attached hydrogens (tertiary/aromatic N) is 3. The molecule has 1 fully saturated rings. The van der Waals surface area contributed by atoms with Crippen LogP contribution in [0.15, 0.2) is 36.5 Å². The van der Waals surface area contributed by atoms with Gasteiger partial charge in [0.15, 0.2) is 0 Å². The molecule has 1 atom stereocenters. The Bertz CT molecular complexity index is 699. The van der Waals surface area contributed by atoms with Gasteiger partial charge in [-0.25, -0.2) is 9.97 Å². The van der Waals surface area contributed by atoms with Crippen LogP contribution in [-0.2, 0) is 11.2 Å². The number of piperidine rings is 1. The highest BCUT2D eigenvalue weighted by Crippen LogP contribution is 2.26. The first-order chi connectivity index (χ1) is 11.1. The lowest BCUT2D eigenvalue weighted by Crippen LogP contribution is -2.40. The third kappa shape index (κ3) is 3.76. The normalized spacial score (nSPS) is 18.0. The number of amides is 1. The first kappa shape index (κ1) is 15.7. The van der Waals surface area contributed by atoms with Crippen LogP contribution >= 0.6 is 0 Å². The van der Waals surface area contributed by atoms with Crippen LogP contribution in [0.25, 0.3) is 0 Å². The molecule has 2 heterocycles. The summed E-state index contributed by atoms with van der Waals surface area (Å²) in [5.41, 5.74) is 3.37. The third-order valence-corrected chi connectivity index (χ3v) is 4.59. The molecule has 1 aliphatic rings. The van der Waals surface area contributed by atoms with Crippen LogP contribution in [-0.4, -0.2) is 33.9 Å². The van der Waals surface area contributed by atoms with Crippen molar-refractivity contribution in [1.82, 2.24) is 14.9 Å². The summed E-state index contributed by atoms with van der Waals surface area (Å²) in [6, 6.07) is 10.1. The highest BCUT2D eigenvalue weighted by molar-refractivity contribution is 5.79. The van der Waals surface area contributed by atoms with Crippen LogP contribution in [0, 0.1) is 13.8 Å². The fourth-order valence-electron chi connectivity index (χ4n) is 3.23. The molecule has 0 spiro atoms. The van der Waals surface area contributed by atoms with Gasteiger partial charge in [-0.1, -0.05) is 24.3 Å². The highest BCUT2D eigenvalue weighted by Gasteiger charge is 2.25. The Hall–Kier alpha value is -2.23. The molecule has 23 heavy (non-hydrogen) atoms. The van der Waals surface area contributed by atoms with Crippen molar-refractivity contribution < 1.29 is 4.79 Å². The van der Waals surface area contributed by atoms with Crippen LogP contribution in [0.4, 0.5) is 0 Å². The van der Waals surface area contributed by atoms with Crippen molar-refractivity contribution in [2.24, 2.45) is 0 Å². The number of rotatable bonds is 3. The van der Waals surface area contributed by atoms with Gasteiger partial charge in [0.2, 0.25) is 5.91 Å². The summed E-state index contributed by atoms with van der Waals surface area (Å²) in [7, 11) is 0. The predicted octanol–water partition coefficient (Wildman–Crippen LogP) is 3.04. The van der Waals surface area contributed by atoms with E-state index in [4.69, 9.17) is 0 Å². The first-order valence-electron chi connectivity index (χ1n) is 8.25. The van der Waals surface area contributed by atoms with Gasteiger partial charge in [-0.2, -0.15) is 0 Å². The molecule has 1 saturated heterocycles. The standard InChI is InChI=1S/C19H23N3O/c1-14-6-3-4-7-16(14)12-19(23)22-11-5-8-17(13-22)18-9-10-20-15(2)21-18/h3-4,6-7,9-10,17H,5,8,11-13H2,1-2H3. The second-order valence-electron chi connectivity index (χ2n) is 6.31. The van der Waals surface area contributed by atoms with Crippen LogP contribution in [0.5, 0.6) is 0 Å². The van der Waals surface area contributed by atoms with Gasteiger partial charge >= 0.3 is 0 Å². The molecular formula is C19H23N3O. The van der Waals surface area contributed by atoms with Crippen molar-refractivity contribution in [3.63, 3.8) is 0 Å². The van der Waals surface area contributed by atoms with E-state index in [1.165, 1.54) is 5.56 Å². The Balaban J connectivity index is 1.68. The third-order valence-electron chi connectivity index (χ3n) is 4.59. The number of likely N-dealkylation sites (tertiary alicyclic amines) is 1. The predicted molar refractivity (Wildman–Crippen MR) is 90.2 cm³/mol. The smallest absolute Gasteiger partial charge is 0.227 e. The number of carbonyl (C=O) groups excluding carboxylic acids is 1. The lowest BCUT2D eigenvalue weighted by atomic mass is 9.94. The van der Waals surface area contributed by atoms with E-state index in [1.807, 2.05) is 42.3 Å². The number of aryl methyl sites for hydroxylation is 2. The lowest BCUT2D eigenvalue weighted by Gasteiger charge is -2.32. The molecule has 1 aromatic carbocycles. The van der Waals surface area contributed by atoms with Gasteiger partial charge in [0.25, 0.3) is 0 Å². The summed E-state index contributed by atoms with van der Waals surface area (Å²) in [5.74, 6) is 1.34. The molecule has 4 heteroatoms. The number of carbonyl (C=O) groups is 1. The first-order valence-corrected chi connectivity index (χ1v) is 8.25. The second-order valence-corrected chi connectivity index (χ2v) is 6.31. The Morgan fingerprint density at radius 2 is 2.09 bits per heavy atom. The van der Waals surface area contributed by atoms with Crippen molar-refractivity contribution >= 4 is 5.91 Å². The van der Waals surface area contributed by atoms with E-state index >= 15 is 0 Å². The molecule has 4 nitrogen and oxygen atoms in total. The van der Waals surface area contributed by atoms with E-state index in [2.05, 4.69) is 23.0 Å². The van der Waals surface area contributed by atoms with E-state index in [1.54, 1.807) is 0 Å². The molecule has 120 valence electrons. The average molecular weight is 309 g/mol. The summed E-state index contributed by atoms with van der Waals surface area (Å²) in [5, 5.41) is 0. The fraction of sp³-hybridized carbons (Fsp3) is 0.421. The molecule has 1 amide bonds. The van der Waals surface area contributed by atoms with Crippen LogP contribution in [0.3, 0.4) is 0 Å². The van der Waals surface area contributed by atoms with Crippen molar-refractivity contribution in [3.05, 3.63) is 59.2 Å². The quantitative estimate of drug-likeness (QED) is 0.875. The van der Waals surface area contributed by atoms with E-state index in [9.17, 15) is 4.79 Å². The Labute approximate surface area is 137 Å². The number of benzene rings is 1. The van der Waals surface area contributed by atoms with Crippen molar-refractivity contribution in [3.8, 4) is 0 Å². The van der Waals surface area contributed by atoms with Crippen molar-refractivity contribution in [2.75, 3.05) is 13.1 Å². The Morgan fingerprint density at radius 1 is 1.26 bits per heavy atom. The van der Waals surface area contributed by atoms with Gasteiger partial charge in [0.05, 0.1) is 6.42 Å². The number of aromatic nitrogens is 2. The SMILES string of the molecule is Cc1nccc(C2CCCN(C(=O)Cc3ccccc3C)C2)n1. The summed E-state index contributed by atoms with van der Waals surface area (Å²) in [4.78, 5) is 23.4. The minimum atomic E-state index is 0.217. The maximum Gasteiger partial charge on any atom is 0.227 e. The van der Waals surface area contributed by atoms with Gasteiger partial charge in [0.1, 0.15) is 5.82 Å². The van der Waals surface area contributed by atoms with E-state index in [0.717, 1.165) is 43.0 Å². The zero-order valence-corrected chi connectivity index (χ0v) is 13.8. The van der Waals surface area contributed by atoms with E-state index in [-0.39, 0.29) is 5.91 Å². The molecule has 0 radical (unpaired) electrons. The topological polar surface area (TPSA) is 46.1 Å². The van der Waals surface area contributed by atoms with Crippen molar-refractivity contribution in [1.29, 1.82) is 0 Å². The zero-order chi connectivity index (χ0) is 16.2. The number of hydrogen-bond acceptors (Lipinski definition) is 3. The van der Waals surface area contributed by atoms with Gasteiger partial charge in [-0.3, -0.25) is 4.79 Å². The fourth-order valence-corrected chi connectivity index (χ4v) is 3.23. The van der Waals surface area contributed by atoms with E-state index in [0.29, 0.717) is 12.3 Å². The largest absolute Gasteiger partial charge is 0.342 e. The van der Waals surface area contributed by atoms with Crippen LogP contribution < -0.4 is 0 Å². The molecule has 3 rings (SSSR count). The minimum Gasteiger partial charge on any atom is -0.342 e. The minimum absolute atomic E-state index is 0.217. The monoisotopic (exact) mass is 309 g/mol. The second kappa shape index (κ2) is 6.90. The summed E-state index contributed by atoms with van der Waals surface area (Å²) >= 11 is 0. The molecule has 0 bridgehead atoms. The highest BCUT2D eigenvalue weighted by atomic mass is 16.2. The van der Waals surface area contributed by atoms with Crippen molar-refractivity contribution in [2.45, 2.75) is 39.0 Å². The Kier molecular flexibility index (Phi) is 4.70. The molecule has 0 N–H and O–H groups in total.